The standard InChI is InChI=1S/C26H26ClN3O3.C4H10O.C2H6/c1-15-13-20(27)10-11-21(15)16(2)25-29-17(3)23(24(28)30-25)26(4,14-31)19-8-5-18(6-9-19)7-12-22(32)33;1-3-4-5-2;1-2/h5-6,8-11,13-14H,2,7,12H2,1,3-4H3,(H,32,33)(H2,28,29,30);3-4H2,1-2H3;1-2H3/t26-;;/m0../s1. The Hall–Kier alpha value is -3.55. The Morgan fingerprint density at radius 1 is 1.15 bits per heavy atom. The molecule has 8 heteroatoms. The summed E-state index contributed by atoms with van der Waals surface area (Å²) in [5.74, 6) is -0.265. The largest absolute Gasteiger partial charge is 0.481 e. The van der Waals surface area contributed by atoms with Crippen molar-refractivity contribution in [3.05, 3.63) is 93.4 Å². The number of carboxylic acids is 1. The topological polar surface area (TPSA) is 115 Å². The lowest BCUT2D eigenvalue weighted by Crippen LogP contribution is -2.29. The van der Waals surface area contributed by atoms with E-state index in [9.17, 15) is 9.59 Å². The summed E-state index contributed by atoms with van der Waals surface area (Å²) in [6, 6.07) is 12.8. The molecule has 1 atom stereocenters. The van der Waals surface area contributed by atoms with Crippen LogP contribution in [0, 0.1) is 13.8 Å². The molecule has 3 N–H and O–H groups in total. The Kier molecular flexibility index (Phi) is 14.2. The van der Waals surface area contributed by atoms with E-state index in [1.807, 2.05) is 57.2 Å². The summed E-state index contributed by atoms with van der Waals surface area (Å²) < 4.78 is 4.69. The van der Waals surface area contributed by atoms with Gasteiger partial charge in [0.2, 0.25) is 0 Å². The second kappa shape index (κ2) is 16.5. The third-order valence-electron chi connectivity index (χ3n) is 6.25. The highest BCUT2D eigenvalue weighted by molar-refractivity contribution is 6.30. The molecular weight excluding hydrogens is 526 g/mol. The fourth-order valence-electron chi connectivity index (χ4n) is 4.20. The second-order valence-electron chi connectivity index (χ2n) is 9.23. The molecule has 0 saturated carbocycles. The fraction of sp³-hybridized carbons (Fsp3) is 0.375. The number of ether oxygens (including phenoxy) is 1. The zero-order valence-electron chi connectivity index (χ0n) is 24.7. The Morgan fingerprint density at radius 3 is 2.23 bits per heavy atom. The summed E-state index contributed by atoms with van der Waals surface area (Å²) in [7, 11) is 1.71. The molecule has 40 heavy (non-hydrogen) atoms. The number of methoxy groups -OCH3 is 1. The number of rotatable bonds is 10. The number of aryl methyl sites for hydroxylation is 3. The molecule has 0 aliphatic heterocycles. The number of hydrogen-bond acceptors (Lipinski definition) is 6. The number of carbonyl (C=O) groups is 2. The highest BCUT2D eigenvalue weighted by Gasteiger charge is 2.34. The van der Waals surface area contributed by atoms with Gasteiger partial charge < -0.3 is 20.4 Å². The first-order chi connectivity index (χ1) is 19.0. The van der Waals surface area contributed by atoms with Crippen LogP contribution in [-0.4, -0.2) is 41.0 Å². The van der Waals surface area contributed by atoms with Gasteiger partial charge in [-0.05, 0) is 68.0 Å². The molecule has 2 aromatic carbocycles. The molecule has 7 nitrogen and oxygen atoms in total. The Balaban J connectivity index is 0.00000103. The van der Waals surface area contributed by atoms with Crippen molar-refractivity contribution in [2.75, 3.05) is 19.5 Å². The zero-order valence-corrected chi connectivity index (χ0v) is 25.4. The Morgan fingerprint density at radius 2 is 1.77 bits per heavy atom. The molecule has 3 aromatic rings. The number of nitrogens with zero attached hydrogens (tertiary/aromatic N) is 2. The molecule has 0 spiro atoms. The number of benzene rings is 2. The summed E-state index contributed by atoms with van der Waals surface area (Å²) in [5.41, 5.74) is 10.4. The number of halogens is 1. The molecular formula is C32H42ClN3O4. The van der Waals surface area contributed by atoms with Crippen LogP contribution in [0.15, 0.2) is 49.0 Å². The summed E-state index contributed by atoms with van der Waals surface area (Å²) in [6.07, 6.45) is 2.41. The Bertz CT molecular complexity index is 1270. The van der Waals surface area contributed by atoms with E-state index in [2.05, 4.69) is 23.5 Å². The van der Waals surface area contributed by atoms with E-state index in [0.29, 0.717) is 34.1 Å². The molecule has 0 bridgehead atoms. The van der Waals surface area contributed by atoms with Crippen LogP contribution in [-0.2, 0) is 26.2 Å². The van der Waals surface area contributed by atoms with Crippen molar-refractivity contribution < 1.29 is 19.4 Å². The molecule has 216 valence electrons. The normalized spacial score (nSPS) is 11.7. The van der Waals surface area contributed by atoms with Gasteiger partial charge in [-0.25, -0.2) is 9.97 Å². The molecule has 1 aromatic heterocycles. The van der Waals surface area contributed by atoms with E-state index in [-0.39, 0.29) is 12.2 Å². The SMILES string of the molecule is C=C(c1nc(C)c([C@@](C)(C=O)c2ccc(CCC(=O)O)cc2)c(N)n1)c1ccc(Cl)cc1C.CC.CCCOC. The molecule has 0 radical (unpaired) electrons. The second-order valence-corrected chi connectivity index (χ2v) is 9.67. The lowest BCUT2D eigenvalue weighted by molar-refractivity contribution is -0.137. The number of carbonyl (C=O) groups excluding carboxylic acids is 1. The van der Waals surface area contributed by atoms with Crippen molar-refractivity contribution in [1.82, 2.24) is 9.97 Å². The molecule has 0 fully saturated rings. The third-order valence-corrected chi connectivity index (χ3v) is 6.48. The van der Waals surface area contributed by atoms with Crippen LogP contribution < -0.4 is 5.73 Å². The molecule has 3 rings (SSSR count). The number of aromatic nitrogens is 2. The lowest BCUT2D eigenvalue weighted by atomic mass is 9.76. The van der Waals surface area contributed by atoms with E-state index in [1.54, 1.807) is 27.0 Å². The van der Waals surface area contributed by atoms with E-state index >= 15 is 0 Å². The number of aldehydes is 1. The minimum absolute atomic E-state index is 0.0443. The smallest absolute Gasteiger partial charge is 0.303 e. The van der Waals surface area contributed by atoms with Crippen molar-refractivity contribution in [1.29, 1.82) is 0 Å². The van der Waals surface area contributed by atoms with Gasteiger partial charge in [0.25, 0.3) is 0 Å². The van der Waals surface area contributed by atoms with E-state index < -0.39 is 11.4 Å². The first-order valence-electron chi connectivity index (χ1n) is 13.3. The summed E-state index contributed by atoms with van der Waals surface area (Å²) in [5, 5.41) is 9.51. The van der Waals surface area contributed by atoms with Gasteiger partial charge in [0.05, 0.1) is 5.41 Å². The van der Waals surface area contributed by atoms with Crippen molar-refractivity contribution >= 4 is 35.2 Å². The molecule has 0 amide bonds. The highest BCUT2D eigenvalue weighted by atomic mass is 35.5. The van der Waals surface area contributed by atoms with Gasteiger partial charge in [0, 0.05) is 42.0 Å². The van der Waals surface area contributed by atoms with E-state index in [0.717, 1.165) is 41.6 Å². The van der Waals surface area contributed by atoms with Gasteiger partial charge in [-0.15, -0.1) is 0 Å². The van der Waals surface area contributed by atoms with Crippen LogP contribution in [0.1, 0.15) is 79.9 Å². The zero-order chi connectivity index (χ0) is 30.5. The van der Waals surface area contributed by atoms with E-state index in [4.69, 9.17) is 27.2 Å². The maximum absolute atomic E-state index is 12.3. The van der Waals surface area contributed by atoms with Crippen LogP contribution in [0.2, 0.25) is 5.02 Å². The van der Waals surface area contributed by atoms with Crippen LogP contribution >= 0.6 is 11.6 Å². The molecule has 0 aliphatic rings. The number of anilines is 1. The quantitative estimate of drug-likeness (QED) is 0.254. The van der Waals surface area contributed by atoms with Crippen LogP contribution in [0.3, 0.4) is 0 Å². The molecule has 0 unspecified atom stereocenters. The number of nitrogen functional groups attached to an aromatic ring is 1. The van der Waals surface area contributed by atoms with Crippen molar-refractivity contribution in [3.63, 3.8) is 0 Å². The number of carboxylic acid groups (broad SMARTS) is 1. The first kappa shape index (κ1) is 34.5. The first-order valence-corrected chi connectivity index (χ1v) is 13.7. The molecule has 0 saturated heterocycles. The summed E-state index contributed by atoms with van der Waals surface area (Å²) in [4.78, 5) is 32.3. The monoisotopic (exact) mass is 567 g/mol. The maximum atomic E-state index is 12.3. The summed E-state index contributed by atoms with van der Waals surface area (Å²) in [6.45, 7) is 16.6. The maximum Gasteiger partial charge on any atom is 0.303 e. The molecule has 0 aliphatic carbocycles. The van der Waals surface area contributed by atoms with Crippen LogP contribution in [0.25, 0.3) is 5.57 Å². The van der Waals surface area contributed by atoms with Crippen LogP contribution in [0.5, 0.6) is 0 Å². The molecule has 1 heterocycles. The van der Waals surface area contributed by atoms with Crippen LogP contribution in [0.4, 0.5) is 5.82 Å². The Labute approximate surface area is 243 Å². The lowest BCUT2D eigenvalue weighted by Gasteiger charge is -2.27. The van der Waals surface area contributed by atoms with Gasteiger partial charge in [0.15, 0.2) is 5.82 Å². The van der Waals surface area contributed by atoms with Gasteiger partial charge in [0.1, 0.15) is 12.1 Å². The summed E-state index contributed by atoms with van der Waals surface area (Å²) >= 11 is 6.06. The van der Waals surface area contributed by atoms with Crippen molar-refractivity contribution in [3.8, 4) is 0 Å². The van der Waals surface area contributed by atoms with Gasteiger partial charge in [-0.3, -0.25) is 4.79 Å². The minimum atomic E-state index is -1.07. The predicted octanol–water partition coefficient (Wildman–Crippen LogP) is 6.98. The average Bonchev–Trinajstić information content (AvgIpc) is 2.93. The third kappa shape index (κ3) is 9.00. The number of hydrogen-bond donors (Lipinski definition) is 2. The highest BCUT2D eigenvalue weighted by Crippen LogP contribution is 2.36. The van der Waals surface area contributed by atoms with Gasteiger partial charge in [-0.2, -0.15) is 0 Å². The number of aliphatic carboxylic acids is 1. The van der Waals surface area contributed by atoms with Crippen molar-refractivity contribution in [2.45, 2.75) is 66.2 Å². The van der Waals surface area contributed by atoms with Gasteiger partial charge in [-0.1, -0.05) is 69.3 Å². The predicted molar refractivity (Wildman–Crippen MR) is 164 cm³/mol. The minimum Gasteiger partial charge on any atom is -0.481 e. The fourth-order valence-corrected chi connectivity index (χ4v) is 4.43. The van der Waals surface area contributed by atoms with Crippen molar-refractivity contribution in [2.24, 2.45) is 0 Å². The average molecular weight is 568 g/mol. The van der Waals surface area contributed by atoms with E-state index in [1.165, 1.54) is 0 Å². The van der Waals surface area contributed by atoms with Gasteiger partial charge >= 0.3 is 5.97 Å². The number of nitrogens with two attached hydrogens (primary N) is 1.